The number of halogens is 1. The molecule has 4 nitrogen and oxygen atoms in total. The van der Waals surface area contributed by atoms with Gasteiger partial charge in [-0.15, -0.1) is 0 Å². The van der Waals surface area contributed by atoms with E-state index in [0.717, 1.165) is 21.8 Å². The lowest BCUT2D eigenvalue weighted by Crippen LogP contribution is -1.93. The molecule has 1 aliphatic rings. The minimum Gasteiger partial charge on any atom is -0.388 e. The first-order valence-electron chi connectivity index (χ1n) is 5.72. The van der Waals surface area contributed by atoms with Gasteiger partial charge in [-0.05, 0) is 34.8 Å². The van der Waals surface area contributed by atoms with Crippen molar-refractivity contribution in [2.45, 2.75) is 18.9 Å². The molecule has 0 amide bonds. The molecule has 2 heterocycles. The van der Waals surface area contributed by atoms with Gasteiger partial charge in [-0.3, -0.25) is 4.79 Å². The predicted molar refractivity (Wildman–Crippen MR) is 74.0 cm³/mol. The number of pyridine rings is 1. The highest BCUT2D eigenvalue weighted by Crippen LogP contribution is 2.39. The third-order valence-electron chi connectivity index (χ3n) is 2.72. The van der Waals surface area contributed by atoms with Crippen molar-refractivity contribution >= 4 is 33.2 Å². The maximum Gasteiger partial charge on any atom is 0.151 e. The van der Waals surface area contributed by atoms with Gasteiger partial charge in [-0.1, -0.05) is 0 Å². The highest BCUT2D eigenvalue weighted by molar-refractivity contribution is 9.10. The van der Waals surface area contributed by atoms with E-state index in [1.165, 1.54) is 12.8 Å². The fourth-order valence-electron chi connectivity index (χ4n) is 1.80. The second kappa shape index (κ2) is 5.63. The number of methoxy groups -OCH3 is 1. The van der Waals surface area contributed by atoms with Crippen molar-refractivity contribution in [2.24, 2.45) is 0 Å². The van der Waals surface area contributed by atoms with Crippen LogP contribution in [0.4, 0.5) is 0 Å². The molecule has 2 aromatic rings. The van der Waals surface area contributed by atoms with Gasteiger partial charge in [0.05, 0.1) is 0 Å². The van der Waals surface area contributed by atoms with Crippen LogP contribution in [-0.4, -0.2) is 30.1 Å². The van der Waals surface area contributed by atoms with Crippen molar-refractivity contribution < 1.29 is 9.53 Å². The van der Waals surface area contributed by atoms with E-state index in [-0.39, 0.29) is 0 Å². The number of carbonyl (C=O) groups is 1. The van der Waals surface area contributed by atoms with E-state index >= 15 is 0 Å². The number of fused-ring (bicyclic) bond motifs is 1. The lowest BCUT2D eigenvalue weighted by atomic mass is 10.2. The predicted octanol–water partition coefficient (Wildman–Crippen LogP) is 3.21. The molecule has 0 aromatic carbocycles. The van der Waals surface area contributed by atoms with E-state index < -0.39 is 0 Å². The molecule has 3 rings (SSSR count). The van der Waals surface area contributed by atoms with Gasteiger partial charge >= 0.3 is 0 Å². The number of carbonyl (C=O) groups excluding carboxylic acids is 1. The Hall–Kier alpha value is -1.20. The number of aldehydes is 1. The Bertz CT molecular complexity index is 561. The van der Waals surface area contributed by atoms with Crippen LogP contribution in [0.15, 0.2) is 22.9 Å². The zero-order valence-corrected chi connectivity index (χ0v) is 12.0. The molecular weight excluding hydrogens is 296 g/mol. The maximum atomic E-state index is 10.7. The zero-order valence-electron chi connectivity index (χ0n) is 10.4. The Morgan fingerprint density at radius 1 is 1.50 bits per heavy atom. The summed E-state index contributed by atoms with van der Waals surface area (Å²) in [5.74, 6) is 0. The highest BCUT2D eigenvalue weighted by Gasteiger charge is 2.26. The Morgan fingerprint density at radius 2 is 2.17 bits per heavy atom. The van der Waals surface area contributed by atoms with E-state index in [4.69, 9.17) is 0 Å². The third-order valence-corrected chi connectivity index (χ3v) is 3.35. The zero-order chi connectivity index (χ0) is 13.1. The van der Waals surface area contributed by atoms with Gasteiger partial charge in [-0.2, -0.15) is 0 Å². The van der Waals surface area contributed by atoms with Gasteiger partial charge in [0, 0.05) is 48.1 Å². The first kappa shape index (κ1) is 13.2. The van der Waals surface area contributed by atoms with Gasteiger partial charge in [0.15, 0.2) is 6.29 Å². The average molecular weight is 311 g/mol. The summed E-state index contributed by atoms with van der Waals surface area (Å²) in [7, 11) is 3.25. The summed E-state index contributed by atoms with van der Waals surface area (Å²) in [4.78, 5) is 15.0. The lowest BCUT2D eigenvalue weighted by Gasteiger charge is -2.00. The van der Waals surface area contributed by atoms with Crippen LogP contribution in [-0.2, 0) is 4.74 Å². The van der Waals surface area contributed by atoms with E-state index in [0.29, 0.717) is 11.6 Å². The maximum absolute atomic E-state index is 10.7. The molecular formula is C13H15BrN2O2. The fourth-order valence-corrected chi connectivity index (χ4v) is 2.32. The van der Waals surface area contributed by atoms with Gasteiger partial charge in [0.2, 0.25) is 0 Å². The minimum atomic E-state index is 0.605. The molecule has 2 aromatic heterocycles. The average Bonchev–Trinajstić information content (AvgIpc) is 3.16. The molecule has 0 bridgehead atoms. The van der Waals surface area contributed by atoms with Crippen molar-refractivity contribution in [1.29, 1.82) is 0 Å². The molecule has 96 valence electrons. The summed E-state index contributed by atoms with van der Waals surface area (Å²) in [5, 5.41) is 1.02. The lowest BCUT2D eigenvalue weighted by molar-refractivity contribution is 0.112. The van der Waals surface area contributed by atoms with Gasteiger partial charge in [0.1, 0.15) is 5.65 Å². The standard InChI is InChI=1S/C11H9BrN2O.C2H6O/c12-10-5-14(8-1-2-8)11-9(10)3-7(6-15)4-13-11;1-3-2/h3-6,8H,1-2H2;1-2H3. The summed E-state index contributed by atoms with van der Waals surface area (Å²) in [6.45, 7) is 0. The van der Waals surface area contributed by atoms with Crippen molar-refractivity contribution in [3.63, 3.8) is 0 Å². The summed E-state index contributed by atoms with van der Waals surface area (Å²) in [5.41, 5.74) is 1.59. The van der Waals surface area contributed by atoms with Crippen molar-refractivity contribution in [3.05, 3.63) is 28.5 Å². The molecule has 0 unspecified atom stereocenters. The molecule has 18 heavy (non-hydrogen) atoms. The van der Waals surface area contributed by atoms with E-state index in [1.54, 1.807) is 20.4 Å². The first-order valence-corrected chi connectivity index (χ1v) is 6.52. The molecule has 0 radical (unpaired) electrons. The number of hydrogen-bond donors (Lipinski definition) is 0. The van der Waals surface area contributed by atoms with Crippen LogP contribution in [0.2, 0.25) is 0 Å². The number of nitrogens with zero attached hydrogens (tertiary/aromatic N) is 2. The molecule has 5 heteroatoms. The molecule has 0 spiro atoms. The number of aromatic nitrogens is 2. The smallest absolute Gasteiger partial charge is 0.151 e. The minimum absolute atomic E-state index is 0.605. The normalized spacial score (nSPS) is 14.2. The number of rotatable bonds is 2. The number of hydrogen-bond acceptors (Lipinski definition) is 3. The summed E-state index contributed by atoms with van der Waals surface area (Å²) >= 11 is 3.50. The molecule has 1 saturated carbocycles. The Balaban J connectivity index is 0.000000367. The summed E-state index contributed by atoms with van der Waals surface area (Å²) in [6, 6.07) is 2.48. The molecule has 0 atom stereocenters. The molecule has 1 fully saturated rings. The van der Waals surface area contributed by atoms with Gasteiger partial charge in [-0.25, -0.2) is 4.98 Å². The Kier molecular flexibility index (Phi) is 4.14. The molecule has 1 aliphatic carbocycles. The van der Waals surface area contributed by atoms with Crippen molar-refractivity contribution in [1.82, 2.24) is 9.55 Å². The van der Waals surface area contributed by atoms with Crippen molar-refractivity contribution in [3.8, 4) is 0 Å². The van der Waals surface area contributed by atoms with Crippen LogP contribution >= 0.6 is 15.9 Å². The first-order chi connectivity index (χ1) is 8.71. The van der Waals surface area contributed by atoms with Crippen LogP contribution in [0.1, 0.15) is 29.2 Å². The van der Waals surface area contributed by atoms with Gasteiger partial charge < -0.3 is 9.30 Å². The summed E-state index contributed by atoms with van der Waals surface area (Å²) in [6.07, 6.45) is 6.97. The number of ether oxygens (including phenoxy) is 1. The van der Waals surface area contributed by atoms with Crippen molar-refractivity contribution in [2.75, 3.05) is 14.2 Å². The second-order valence-corrected chi connectivity index (χ2v) is 5.14. The fraction of sp³-hybridized carbons (Fsp3) is 0.385. The largest absolute Gasteiger partial charge is 0.388 e. The quantitative estimate of drug-likeness (QED) is 0.800. The van der Waals surface area contributed by atoms with Gasteiger partial charge in [0.25, 0.3) is 0 Å². The SMILES string of the molecule is COC.O=Cc1cnc2c(c1)c(Br)cn2C1CC1. The highest BCUT2D eigenvalue weighted by atomic mass is 79.9. The second-order valence-electron chi connectivity index (χ2n) is 4.28. The topological polar surface area (TPSA) is 44.1 Å². The van der Waals surface area contributed by atoms with Crippen LogP contribution in [0.5, 0.6) is 0 Å². The molecule has 0 saturated heterocycles. The van der Waals surface area contributed by atoms with Crippen LogP contribution in [0.3, 0.4) is 0 Å². The van der Waals surface area contributed by atoms with E-state index in [1.807, 2.05) is 6.07 Å². The van der Waals surface area contributed by atoms with E-state index in [9.17, 15) is 4.79 Å². The van der Waals surface area contributed by atoms with Crippen LogP contribution in [0.25, 0.3) is 11.0 Å². The molecule has 0 aliphatic heterocycles. The van der Waals surface area contributed by atoms with Crippen LogP contribution < -0.4 is 0 Å². The monoisotopic (exact) mass is 310 g/mol. The van der Waals surface area contributed by atoms with E-state index in [2.05, 4.69) is 36.4 Å². The van der Waals surface area contributed by atoms with Crippen LogP contribution in [0, 0.1) is 0 Å². The third kappa shape index (κ3) is 2.62. The molecule has 0 N–H and O–H groups in total. The Morgan fingerprint density at radius 3 is 2.72 bits per heavy atom. The Labute approximate surface area is 114 Å². The summed E-state index contributed by atoms with van der Waals surface area (Å²) < 4.78 is 7.45.